The smallest absolute Gasteiger partial charge is 0.354 e. The van der Waals surface area contributed by atoms with Gasteiger partial charge >= 0.3 is 23.3 Å². The molecule has 0 bridgehead atoms. The van der Waals surface area contributed by atoms with Crippen LogP contribution in [0.4, 0.5) is 5.69 Å². The van der Waals surface area contributed by atoms with E-state index in [9.17, 15) is 28.8 Å². The van der Waals surface area contributed by atoms with Crippen molar-refractivity contribution in [2.45, 2.75) is 116 Å². The van der Waals surface area contributed by atoms with E-state index in [4.69, 9.17) is 21.1 Å². The molecule has 2 atom stereocenters. The molecule has 1 N–H and O–H groups in total. The topological polar surface area (TPSA) is 148 Å². The van der Waals surface area contributed by atoms with Crippen molar-refractivity contribution >= 4 is 40.9 Å². The Morgan fingerprint density at radius 2 is 1.26 bits per heavy atom. The van der Waals surface area contributed by atoms with Crippen LogP contribution in [0.5, 0.6) is 0 Å². The molecule has 57 heavy (non-hydrogen) atoms. The Labute approximate surface area is 339 Å². The third-order valence-corrected chi connectivity index (χ3v) is 10.2. The number of amides is 1. The molecule has 0 aliphatic carbocycles. The third kappa shape index (κ3) is 11.9. The van der Waals surface area contributed by atoms with Crippen molar-refractivity contribution in [3.05, 3.63) is 118 Å². The zero-order valence-corrected chi connectivity index (χ0v) is 34.2. The Morgan fingerprint density at radius 1 is 0.737 bits per heavy atom. The first-order valence-corrected chi connectivity index (χ1v) is 20.2. The summed E-state index contributed by atoms with van der Waals surface area (Å²) in [6, 6.07) is 25.2. The van der Waals surface area contributed by atoms with E-state index in [0.29, 0.717) is 16.6 Å². The molecule has 1 amide bonds. The summed E-state index contributed by atoms with van der Waals surface area (Å²) in [5.74, 6) is -4.00. The number of anilines is 1. The average molecular weight is 803 g/mol. The van der Waals surface area contributed by atoms with E-state index < -0.39 is 57.9 Å². The second-order valence-corrected chi connectivity index (χ2v) is 15.5. The summed E-state index contributed by atoms with van der Waals surface area (Å²) < 4.78 is 13.3. The van der Waals surface area contributed by atoms with Gasteiger partial charge in [-0.15, -0.1) is 0 Å². The number of hydrogen-bond acceptors (Lipinski definition) is 8. The lowest BCUT2D eigenvalue weighted by Gasteiger charge is -2.32. The molecule has 13 heteroatoms. The van der Waals surface area contributed by atoms with Gasteiger partial charge in [0.25, 0.3) is 10.9 Å². The second-order valence-electron chi connectivity index (χ2n) is 14.9. The molecule has 4 rings (SSSR count). The van der Waals surface area contributed by atoms with Crippen molar-refractivity contribution in [1.29, 1.82) is 0 Å². The van der Waals surface area contributed by atoms with Gasteiger partial charge in [0.15, 0.2) is 11.9 Å². The number of carbonyl (C=O) groups is 4. The SMILES string of the molecule is CCCCCCCCCCCCOC(=O)C(C)OC(=O)CC(C)(C)C(=O)C(Cl)(C(=O)Nc1ccccc1)n1c(=O)n(Cc2ccccc2)n(-c2ccccc2)c1=O. The number of alkyl halides is 1. The number of unbranched alkanes of at least 4 members (excludes halogenated alkanes) is 9. The second kappa shape index (κ2) is 21.3. The number of ether oxygens (including phenoxy) is 2. The number of para-hydroxylation sites is 2. The number of aromatic nitrogens is 3. The molecule has 3 aromatic carbocycles. The Balaban J connectivity index is 1.54. The fourth-order valence-corrected chi connectivity index (χ4v) is 7.00. The van der Waals surface area contributed by atoms with Gasteiger partial charge in [0.1, 0.15) is 0 Å². The van der Waals surface area contributed by atoms with E-state index in [1.54, 1.807) is 91.0 Å². The Kier molecular flexibility index (Phi) is 16.7. The maximum Gasteiger partial charge on any atom is 0.354 e. The Bertz CT molecular complexity index is 2040. The van der Waals surface area contributed by atoms with E-state index >= 15 is 0 Å². The summed E-state index contributed by atoms with van der Waals surface area (Å²) >= 11 is 7.11. The van der Waals surface area contributed by atoms with Crippen molar-refractivity contribution < 1.29 is 28.7 Å². The number of ketones is 1. The van der Waals surface area contributed by atoms with Gasteiger partial charge < -0.3 is 14.8 Å². The first kappa shape index (κ1) is 44.5. The Hall–Kier alpha value is -5.23. The summed E-state index contributed by atoms with van der Waals surface area (Å²) in [5.41, 5.74) is -2.75. The number of esters is 2. The maximum atomic E-state index is 14.7. The minimum absolute atomic E-state index is 0.110. The first-order chi connectivity index (χ1) is 27.3. The van der Waals surface area contributed by atoms with Gasteiger partial charge in [0, 0.05) is 11.1 Å². The fourth-order valence-electron chi connectivity index (χ4n) is 6.56. The van der Waals surface area contributed by atoms with Crippen LogP contribution in [0.1, 0.15) is 104 Å². The average Bonchev–Trinajstić information content (AvgIpc) is 3.44. The van der Waals surface area contributed by atoms with Crippen LogP contribution in [0, 0.1) is 5.41 Å². The van der Waals surface area contributed by atoms with Gasteiger partial charge in [-0.3, -0.25) is 14.4 Å². The minimum Gasteiger partial charge on any atom is -0.463 e. The monoisotopic (exact) mass is 802 g/mol. The summed E-state index contributed by atoms with van der Waals surface area (Å²) in [6.07, 6.45) is 9.36. The zero-order valence-electron chi connectivity index (χ0n) is 33.4. The maximum absolute atomic E-state index is 14.7. The largest absolute Gasteiger partial charge is 0.463 e. The molecule has 0 saturated heterocycles. The minimum atomic E-state index is -2.99. The predicted octanol–water partition coefficient (Wildman–Crippen LogP) is 7.76. The van der Waals surface area contributed by atoms with Gasteiger partial charge in [-0.25, -0.2) is 23.6 Å². The lowest BCUT2D eigenvalue weighted by atomic mass is 9.80. The van der Waals surface area contributed by atoms with Crippen molar-refractivity contribution in [3.63, 3.8) is 0 Å². The van der Waals surface area contributed by atoms with Crippen molar-refractivity contribution in [3.8, 4) is 5.69 Å². The van der Waals surface area contributed by atoms with Crippen LogP contribution < -0.4 is 16.7 Å². The van der Waals surface area contributed by atoms with Gasteiger partial charge in [-0.2, -0.15) is 4.68 Å². The molecule has 306 valence electrons. The number of halogens is 1. The molecule has 0 radical (unpaired) electrons. The molecule has 2 unspecified atom stereocenters. The van der Waals surface area contributed by atoms with Crippen LogP contribution in [0.15, 0.2) is 101 Å². The number of carbonyl (C=O) groups excluding carboxylic acids is 4. The van der Waals surface area contributed by atoms with Gasteiger partial charge in [-0.05, 0) is 43.2 Å². The molecule has 0 spiro atoms. The molecule has 4 aromatic rings. The molecule has 0 saturated carbocycles. The number of nitrogens with zero attached hydrogens (tertiary/aromatic N) is 3. The van der Waals surface area contributed by atoms with E-state index in [-0.39, 0.29) is 24.5 Å². The van der Waals surface area contributed by atoms with Crippen LogP contribution in [0.3, 0.4) is 0 Å². The summed E-state index contributed by atoms with van der Waals surface area (Å²) in [4.78, 5) is 80.8. The fraction of sp³-hybridized carbons (Fsp3) is 0.455. The highest BCUT2D eigenvalue weighted by Crippen LogP contribution is 2.36. The zero-order chi connectivity index (χ0) is 41.4. The lowest BCUT2D eigenvalue weighted by Crippen LogP contribution is -2.59. The first-order valence-electron chi connectivity index (χ1n) is 19.8. The van der Waals surface area contributed by atoms with Crippen LogP contribution in [0.2, 0.25) is 0 Å². The van der Waals surface area contributed by atoms with E-state index in [1.807, 2.05) is 0 Å². The molecule has 1 heterocycles. The number of Topliss-reactive ketones (excluding diaryl/α,β-unsaturated/α-hetero) is 1. The predicted molar refractivity (Wildman–Crippen MR) is 220 cm³/mol. The molecular formula is C44H55ClN4O8. The van der Waals surface area contributed by atoms with Crippen molar-refractivity contribution in [1.82, 2.24) is 13.9 Å². The van der Waals surface area contributed by atoms with E-state index in [2.05, 4.69) is 12.2 Å². The normalized spacial score (nSPS) is 13.0. The van der Waals surface area contributed by atoms with Crippen LogP contribution >= 0.6 is 11.6 Å². The number of benzene rings is 3. The van der Waals surface area contributed by atoms with Gasteiger partial charge in [-0.1, -0.05) is 157 Å². The van der Waals surface area contributed by atoms with Crippen LogP contribution in [-0.4, -0.2) is 50.3 Å². The third-order valence-electron chi connectivity index (χ3n) is 9.73. The van der Waals surface area contributed by atoms with Crippen LogP contribution in [0.25, 0.3) is 5.69 Å². The quantitative estimate of drug-likeness (QED) is 0.0347. The Morgan fingerprint density at radius 3 is 1.84 bits per heavy atom. The highest BCUT2D eigenvalue weighted by atomic mass is 35.5. The standard InChI is InChI=1S/C44H55ClN4O8/c1-5-6-7-8-9-10-11-12-13-23-30-56-38(51)33(2)57-37(50)31-43(3,4)39(52)44(45,40(53)46-35-26-19-15-20-27-35)48-41(54)47(32-34-24-17-14-18-25-34)49(42(48)55)36-28-21-16-22-29-36/h14-22,24-29,33H,5-13,23,30-32H2,1-4H3,(H,46,53). The molecule has 0 fully saturated rings. The highest BCUT2D eigenvalue weighted by Gasteiger charge is 2.55. The molecule has 0 aliphatic rings. The van der Waals surface area contributed by atoms with Crippen molar-refractivity contribution in [2.75, 3.05) is 11.9 Å². The number of hydrogen-bond donors (Lipinski definition) is 1. The van der Waals surface area contributed by atoms with Crippen LogP contribution in [-0.2, 0) is 40.2 Å². The van der Waals surface area contributed by atoms with E-state index in [1.165, 1.54) is 59.3 Å². The lowest BCUT2D eigenvalue weighted by molar-refractivity contribution is -0.168. The van der Waals surface area contributed by atoms with E-state index in [0.717, 1.165) is 28.6 Å². The van der Waals surface area contributed by atoms with Crippen molar-refractivity contribution in [2.24, 2.45) is 5.41 Å². The number of rotatable bonds is 23. The molecule has 0 aliphatic heterocycles. The van der Waals surface area contributed by atoms with Gasteiger partial charge in [0.2, 0.25) is 0 Å². The van der Waals surface area contributed by atoms with Gasteiger partial charge in [0.05, 0.1) is 25.3 Å². The molecular weight excluding hydrogens is 748 g/mol. The summed E-state index contributed by atoms with van der Waals surface area (Å²) in [5, 5.41) is 2.57. The highest BCUT2D eigenvalue weighted by molar-refractivity contribution is 6.45. The summed E-state index contributed by atoms with van der Waals surface area (Å²) in [7, 11) is 0. The molecule has 1 aromatic heterocycles. The number of nitrogens with one attached hydrogen (secondary N) is 1. The molecule has 12 nitrogen and oxygen atoms in total. The summed E-state index contributed by atoms with van der Waals surface area (Å²) in [6.45, 7) is 6.34.